The van der Waals surface area contributed by atoms with Crippen molar-refractivity contribution < 1.29 is 37.0 Å². The zero-order valence-corrected chi connectivity index (χ0v) is 21.6. The lowest BCUT2D eigenvalue weighted by molar-refractivity contribution is -0.265. The minimum Gasteiger partial charge on any atom is -0.489 e. The molecule has 4 aromatic rings. The molecule has 0 saturated heterocycles. The molecule has 2 aromatic heterocycles. The van der Waals surface area contributed by atoms with Crippen LogP contribution in [0.5, 0.6) is 5.75 Å². The number of aromatic amines is 1. The second-order valence-electron chi connectivity index (χ2n) is 9.99. The molecular weight excluding hydrogens is 550 g/mol. The van der Waals surface area contributed by atoms with Gasteiger partial charge in [0.05, 0.1) is 23.3 Å². The summed E-state index contributed by atoms with van der Waals surface area (Å²) < 4.78 is 64.1. The van der Waals surface area contributed by atoms with Crippen LogP contribution in [0.4, 0.5) is 17.6 Å². The van der Waals surface area contributed by atoms with Gasteiger partial charge in [-0.25, -0.2) is 14.2 Å². The summed E-state index contributed by atoms with van der Waals surface area (Å²) >= 11 is 0. The highest BCUT2D eigenvalue weighted by Crippen LogP contribution is 2.47. The number of alkyl halides is 3. The second-order valence-corrected chi connectivity index (χ2v) is 9.99. The van der Waals surface area contributed by atoms with Gasteiger partial charge in [0.1, 0.15) is 29.3 Å². The lowest BCUT2D eigenvalue weighted by atomic mass is 9.81. The summed E-state index contributed by atoms with van der Waals surface area (Å²) in [5, 5.41) is 13.2. The summed E-state index contributed by atoms with van der Waals surface area (Å²) in [6.45, 7) is -0.290. The standard InChI is InChI=1S/C27H23F4N5O5/c1-25(23(32)38)12-41-21-16(25)10-19(35-20(21)13-3-6-15(28)7-4-13)26(40,27(29,30)31)11-33-22(37)14-5-8-18-17(9-14)34-24(39)36(18)2/h3-10,40H,11-12H2,1-2H3,(H2,32,38)(H,33,37)(H,34,39)/t25-,26?/m0/s1. The maximum Gasteiger partial charge on any atom is 0.424 e. The normalized spacial score (nSPS) is 18.0. The molecule has 10 nitrogen and oxygen atoms in total. The van der Waals surface area contributed by atoms with Gasteiger partial charge >= 0.3 is 11.9 Å². The Morgan fingerprint density at radius 2 is 1.88 bits per heavy atom. The van der Waals surface area contributed by atoms with Crippen LogP contribution in [-0.2, 0) is 22.9 Å². The minimum absolute atomic E-state index is 0.0413. The molecule has 0 radical (unpaired) electrons. The SMILES string of the molecule is Cn1c(=O)[nH]c2cc(C(=O)NCC(O)(c3cc4c(c(-c5ccc(F)cc5)n3)OC[C@]4(C)C(N)=O)C(F)(F)F)ccc21. The number of imidazole rings is 1. The summed E-state index contributed by atoms with van der Waals surface area (Å²) in [6.07, 6.45) is -5.36. The number of hydrogen-bond donors (Lipinski definition) is 4. The van der Waals surface area contributed by atoms with E-state index in [-0.39, 0.29) is 40.3 Å². The van der Waals surface area contributed by atoms with Gasteiger partial charge < -0.3 is 25.9 Å². The molecule has 2 atom stereocenters. The first-order chi connectivity index (χ1) is 19.2. The first-order valence-electron chi connectivity index (χ1n) is 12.2. The van der Waals surface area contributed by atoms with E-state index in [4.69, 9.17) is 10.5 Å². The Bertz CT molecular complexity index is 1760. The number of H-pyrrole nitrogens is 1. The molecule has 0 spiro atoms. The molecule has 41 heavy (non-hydrogen) atoms. The van der Waals surface area contributed by atoms with E-state index in [1.165, 1.54) is 48.9 Å². The van der Waals surface area contributed by atoms with Crippen molar-refractivity contribution in [3.63, 3.8) is 0 Å². The molecule has 1 unspecified atom stereocenters. The molecule has 0 bridgehead atoms. The zero-order valence-electron chi connectivity index (χ0n) is 21.6. The third-order valence-corrected chi connectivity index (χ3v) is 7.30. The van der Waals surface area contributed by atoms with Gasteiger partial charge in [0.15, 0.2) is 0 Å². The Morgan fingerprint density at radius 3 is 2.51 bits per heavy atom. The zero-order chi connectivity index (χ0) is 29.9. The van der Waals surface area contributed by atoms with Crippen molar-refractivity contribution in [1.29, 1.82) is 0 Å². The molecule has 0 fully saturated rings. The molecule has 1 aliphatic rings. The summed E-state index contributed by atoms with van der Waals surface area (Å²) in [6, 6.07) is 9.55. The van der Waals surface area contributed by atoms with Gasteiger partial charge in [-0.2, -0.15) is 13.2 Å². The van der Waals surface area contributed by atoms with Gasteiger partial charge in [0.25, 0.3) is 5.91 Å². The number of hydrogen-bond acceptors (Lipinski definition) is 6. The Labute approximate surface area is 228 Å². The lowest BCUT2D eigenvalue weighted by Crippen LogP contribution is -2.51. The number of aliphatic hydroxyl groups is 1. The van der Waals surface area contributed by atoms with E-state index < -0.39 is 52.8 Å². The maximum absolute atomic E-state index is 14.5. The predicted octanol–water partition coefficient (Wildman–Crippen LogP) is 2.38. The van der Waals surface area contributed by atoms with Crippen LogP contribution < -0.4 is 21.5 Å². The monoisotopic (exact) mass is 573 g/mol. The fourth-order valence-electron chi connectivity index (χ4n) is 4.63. The highest BCUT2D eigenvalue weighted by molar-refractivity contribution is 5.97. The van der Waals surface area contributed by atoms with Crippen molar-refractivity contribution >= 4 is 22.8 Å². The van der Waals surface area contributed by atoms with Gasteiger partial charge in [-0.1, -0.05) is 0 Å². The number of nitrogens with two attached hydrogens (primary N) is 1. The van der Waals surface area contributed by atoms with Crippen LogP contribution in [0, 0.1) is 5.82 Å². The Morgan fingerprint density at radius 1 is 1.20 bits per heavy atom. The summed E-state index contributed by atoms with van der Waals surface area (Å²) in [5.41, 5.74) is -0.553. The number of carbonyl (C=O) groups excluding carboxylic acids is 2. The van der Waals surface area contributed by atoms with E-state index in [9.17, 15) is 37.1 Å². The lowest BCUT2D eigenvalue weighted by Gasteiger charge is -2.31. The number of aryl methyl sites for hydroxylation is 1. The molecule has 14 heteroatoms. The fourth-order valence-corrected chi connectivity index (χ4v) is 4.63. The number of benzene rings is 2. The number of nitrogens with one attached hydrogen (secondary N) is 2. The number of pyridine rings is 1. The van der Waals surface area contributed by atoms with Gasteiger partial charge in [0.2, 0.25) is 11.5 Å². The predicted molar refractivity (Wildman–Crippen MR) is 137 cm³/mol. The van der Waals surface area contributed by atoms with Crippen LogP contribution in [-0.4, -0.2) is 50.8 Å². The number of carbonyl (C=O) groups is 2. The van der Waals surface area contributed by atoms with Crippen LogP contribution in [0.1, 0.15) is 28.5 Å². The second kappa shape index (κ2) is 9.44. The van der Waals surface area contributed by atoms with E-state index in [0.717, 1.165) is 18.2 Å². The number of halogens is 4. The van der Waals surface area contributed by atoms with E-state index in [0.29, 0.717) is 5.52 Å². The third kappa shape index (κ3) is 4.49. The fraction of sp³-hybridized carbons (Fsp3) is 0.259. The number of ether oxygens (including phenoxy) is 1. The molecule has 0 saturated carbocycles. The smallest absolute Gasteiger partial charge is 0.424 e. The number of amides is 2. The Hall–Kier alpha value is -4.72. The largest absolute Gasteiger partial charge is 0.489 e. The van der Waals surface area contributed by atoms with Crippen LogP contribution >= 0.6 is 0 Å². The minimum atomic E-state index is -5.36. The molecule has 3 heterocycles. The topological polar surface area (TPSA) is 152 Å². The number of primary amides is 1. The Balaban J connectivity index is 1.58. The molecular formula is C27H23F4N5O5. The van der Waals surface area contributed by atoms with Crippen molar-refractivity contribution in [3.05, 3.63) is 81.7 Å². The van der Waals surface area contributed by atoms with Crippen molar-refractivity contribution in [3.8, 4) is 17.0 Å². The first-order valence-corrected chi connectivity index (χ1v) is 12.2. The third-order valence-electron chi connectivity index (χ3n) is 7.30. The molecule has 5 rings (SSSR count). The quantitative estimate of drug-likeness (QED) is 0.260. The van der Waals surface area contributed by atoms with Crippen LogP contribution in [0.25, 0.3) is 22.3 Å². The highest BCUT2D eigenvalue weighted by Gasteiger charge is 2.57. The average molecular weight is 574 g/mol. The van der Waals surface area contributed by atoms with Crippen molar-refractivity contribution in [2.45, 2.75) is 24.1 Å². The van der Waals surface area contributed by atoms with Gasteiger partial charge in [-0.05, 0) is 55.5 Å². The van der Waals surface area contributed by atoms with Crippen molar-refractivity contribution in [2.75, 3.05) is 13.2 Å². The van der Waals surface area contributed by atoms with Gasteiger partial charge in [0, 0.05) is 23.7 Å². The number of rotatable bonds is 6. The van der Waals surface area contributed by atoms with Crippen LogP contribution in [0.15, 0.2) is 53.3 Å². The number of aromatic nitrogens is 3. The number of fused-ring (bicyclic) bond motifs is 2. The number of nitrogens with zero attached hydrogens (tertiary/aromatic N) is 2. The van der Waals surface area contributed by atoms with E-state index in [1.807, 2.05) is 0 Å². The van der Waals surface area contributed by atoms with E-state index in [1.54, 1.807) is 0 Å². The molecule has 1 aliphatic heterocycles. The van der Waals surface area contributed by atoms with E-state index >= 15 is 0 Å². The summed E-state index contributed by atoms with van der Waals surface area (Å²) in [4.78, 5) is 43.6. The van der Waals surface area contributed by atoms with Crippen molar-refractivity contribution in [2.24, 2.45) is 12.8 Å². The Kier molecular flexibility index (Phi) is 6.41. The van der Waals surface area contributed by atoms with Crippen molar-refractivity contribution in [1.82, 2.24) is 19.9 Å². The van der Waals surface area contributed by atoms with Crippen LogP contribution in [0.3, 0.4) is 0 Å². The van der Waals surface area contributed by atoms with Gasteiger partial charge in [-0.15, -0.1) is 0 Å². The molecule has 0 aliphatic carbocycles. The summed E-state index contributed by atoms with van der Waals surface area (Å²) in [7, 11) is 1.50. The van der Waals surface area contributed by atoms with Crippen LogP contribution in [0.2, 0.25) is 0 Å². The average Bonchev–Trinajstić information content (AvgIpc) is 3.42. The van der Waals surface area contributed by atoms with E-state index in [2.05, 4.69) is 15.3 Å². The summed E-state index contributed by atoms with van der Waals surface area (Å²) in [5.74, 6) is -2.52. The highest BCUT2D eigenvalue weighted by atomic mass is 19.4. The molecule has 2 aromatic carbocycles. The first kappa shape index (κ1) is 27.8. The maximum atomic E-state index is 14.5. The molecule has 214 valence electrons. The molecule has 2 amide bonds. The molecule has 5 N–H and O–H groups in total. The van der Waals surface area contributed by atoms with Gasteiger partial charge in [-0.3, -0.25) is 14.2 Å².